The Bertz CT molecular complexity index is 516. The highest BCUT2D eigenvalue weighted by Crippen LogP contribution is 2.32. The van der Waals surface area contributed by atoms with Gasteiger partial charge in [0.15, 0.2) is 0 Å². The molecule has 1 aromatic carbocycles. The van der Waals surface area contributed by atoms with Crippen LogP contribution in [-0.4, -0.2) is 18.1 Å². The van der Waals surface area contributed by atoms with Crippen LogP contribution in [0.15, 0.2) is 30.6 Å². The maximum absolute atomic E-state index is 6.23. The minimum Gasteiger partial charge on any atom is -0.397 e. The van der Waals surface area contributed by atoms with Crippen LogP contribution in [0.1, 0.15) is 12.8 Å². The number of anilines is 2. The fourth-order valence-corrected chi connectivity index (χ4v) is 2.42. The number of nitrogen functional groups attached to an aromatic ring is 1. The summed E-state index contributed by atoms with van der Waals surface area (Å²) in [5.41, 5.74) is 8.30. The van der Waals surface area contributed by atoms with E-state index in [1.54, 1.807) is 6.20 Å². The van der Waals surface area contributed by atoms with Gasteiger partial charge in [-0.05, 0) is 25.0 Å². The van der Waals surface area contributed by atoms with Crippen LogP contribution in [0.4, 0.5) is 11.4 Å². The average molecular weight is 213 g/mol. The summed E-state index contributed by atoms with van der Waals surface area (Å²) in [6.45, 7) is 2.25. The molecule has 2 aromatic rings. The van der Waals surface area contributed by atoms with E-state index >= 15 is 0 Å². The zero-order valence-electron chi connectivity index (χ0n) is 9.19. The van der Waals surface area contributed by atoms with E-state index in [1.165, 1.54) is 18.5 Å². The summed E-state index contributed by atoms with van der Waals surface area (Å²) >= 11 is 0. The Morgan fingerprint density at radius 3 is 2.75 bits per heavy atom. The number of nitrogens with zero attached hydrogens (tertiary/aromatic N) is 2. The first-order chi connectivity index (χ1) is 7.86. The van der Waals surface area contributed by atoms with Gasteiger partial charge in [-0.3, -0.25) is 4.98 Å². The number of nitrogens with two attached hydrogens (primary N) is 1. The quantitative estimate of drug-likeness (QED) is 0.740. The van der Waals surface area contributed by atoms with Crippen molar-refractivity contribution < 1.29 is 0 Å². The topological polar surface area (TPSA) is 42.1 Å². The van der Waals surface area contributed by atoms with Crippen LogP contribution in [-0.2, 0) is 0 Å². The maximum Gasteiger partial charge on any atom is 0.0632 e. The van der Waals surface area contributed by atoms with Crippen molar-refractivity contribution in [1.82, 2.24) is 4.98 Å². The molecule has 2 N–H and O–H groups in total. The molecule has 3 nitrogen and oxygen atoms in total. The van der Waals surface area contributed by atoms with Crippen molar-refractivity contribution in [3.63, 3.8) is 0 Å². The van der Waals surface area contributed by atoms with E-state index < -0.39 is 0 Å². The van der Waals surface area contributed by atoms with E-state index in [9.17, 15) is 0 Å². The van der Waals surface area contributed by atoms with E-state index in [1.807, 2.05) is 12.3 Å². The predicted molar refractivity (Wildman–Crippen MR) is 67.6 cm³/mol. The van der Waals surface area contributed by atoms with Crippen LogP contribution >= 0.6 is 0 Å². The zero-order valence-corrected chi connectivity index (χ0v) is 9.19. The van der Waals surface area contributed by atoms with E-state index in [-0.39, 0.29) is 0 Å². The van der Waals surface area contributed by atoms with E-state index in [4.69, 9.17) is 5.73 Å². The Morgan fingerprint density at radius 2 is 1.94 bits per heavy atom. The van der Waals surface area contributed by atoms with E-state index in [0.717, 1.165) is 29.5 Å². The number of hydrogen-bond donors (Lipinski definition) is 1. The molecule has 0 unspecified atom stereocenters. The SMILES string of the molecule is Nc1c(N2CCCC2)ccc2cnccc12. The third kappa shape index (κ3) is 1.40. The van der Waals surface area contributed by atoms with Crippen molar-refractivity contribution in [2.75, 3.05) is 23.7 Å². The lowest BCUT2D eigenvalue weighted by molar-refractivity contribution is 0.949. The highest BCUT2D eigenvalue weighted by Gasteiger charge is 2.15. The molecule has 0 amide bonds. The van der Waals surface area contributed by atoms with Gasteiger partial charge in [-0.2, -0.15) is 0 Å². The summed E-state index contributed by atoms with van der Waals surface area (Å²) in [5, 5.41) is 2.22. The summed E-state index contributed by atoms with van der Waals surface area (Å²) in [7, 11) is 0. The molecule has 0 saturated carbocycles. The molecule has 1 aliphatic heterocycles. The summed E-state index contributed by atoms with van der Waals surface area (Å²) in [6.07, 6.45) is 6.20. The van der Waals surface area contributed by atoms with Crippen molar-refractivity contribution in [3.05, 3.63) is 30.6 Å². The van der Waals surface area contributed by atoms with Crippen molar-refractivity contribution in [3.8, 4) is 0 Å². The number of pyridine rings is 1. The second kappa shape index (κ2) is 3.67. The Hall–Kier alpha value is -1.77. The Kier molecular flexibility index (Phi) is 2.17. The van der Waals surface area contributed by atoms with Gasteiger partial charge in [0.25, 0.3) is 0 Å². The monoisotopic (exact) mass is 213 g/mol. The largest absolute Gasteiger partial charge is 0.397 e. The number of aromatic nitrogens is 1. The van der Waals surface area contributed by atoms with Gasteiger partial charge >= 0.3 is 0 Å². The lowest BCUT2D eigenvalue weighted by Crippen LogP contribution is -2.19. The van der Waals surface area contributed by atoms with Gasteiger partial charge in [0, 0.05) is 36.3 Å². The lowest BCUT2D eigenvalue weighted by atomic mass is 10.1. The van der Waals surface area contributed by atoms with Crippen LogP contribution in [0.2, 0.25) is 0 Å². The van der Waals surface area contributed by atoms with Crippen molar-refractivity contribution in [1.29, 1.82) is 0 Å². The second-order valence-corrected chi connectivity index (χ2v) is 4.29. The third-order valence-electron chi connectivity index (χ3n) is 3.29. The van der Waals surface area contributed by atoms with Crippen LogP contribution < -0.4 is 10.6 Å². The van der Waals surface area contributed by atoms with Gasteiger partial charge < -0.3 is 10.6 Å². The van der Waals surface area contributed by atoms with Gasteiger partial charge in [-0.25, -0.2) is 0 Å². The van der Waals surface area contributed by atoms with Crippen molar-refractivity contribution >= 4 is 22.1 Å². The van der Waals surface area contributed by atoms with Gasteiger partial charge in [-0.1, -0.05) is 6.07 Å². The molecule has 0 spiro atoms. The highest BCUT2D eigenvalue weighted by molar-refractivity contribution is 5.98. The summed E-state index contributed by atoms with van der Waals surface area (Å²) in [6, 6.07) is 6.21. The van der Waals surface area contributed by atoms with Crippen LogP contribution in [0, 0.1) is 0 Å². The predicted octanol–water partition coefficient (Wildman–Crippen LogP) is 2.42. The Balaban J connectivity index is 2.15. The minimum absolute atomic E-state index is 0.891. The number of benzene rings is 1. The molecule has 0 radical (unpaired) electrons. The molecule has 3 rings (SSSR count). The molecule has 1 saturated heterocycles. The number of fused-ring (bicyclic) bond motifs is 1. The molecular formula is C13H15N3. The van der Waals surface area contributed by atoms with Gasteiger partial charge in [0.1, 0.15) is 0 Å². The van der Waals surface area contributed by atoms with Gasteiger partial charge in [0.05, 0.1) is 11.4 Å². The molecule has 3 heteroatoms. The van der Waals surface area contributed by atoms with Crippen LogP contribution in [0.3, 0.4) is 0 Å². The Labute approximate surface area is 94.9 Å². The van der Waals surface area contributed by atoms with Gasteiger partial charge in [-0.15, -0.1) is 0 Å². The molecule has 0 aliphatic carbocycles. The molecule has 0 atom stereocenters. The van der Waals surface area contributed by atoms with Crippen LogP contribution in [0.25, 0.3) is 10.8 Å². The minimum atomic E-state index is 0.891. The molecule has 82 valence electrons. The molecule has 2 heterocycles. The van der Waals surface area contributed by atoms with Crippen LogP contribution in [0.5, 0.6) is 0 Å². The fourth-order valence-electron chi connectivity index (χ4n) is 2.42. The normalized spacial score (nSPS) is 15.9. The first-order valence-electron chi connectivity index (χ1n) is 5.73. The van der Waals surface area contributed by atoms with Crippen molar-refractivity contribution in [2.24, 2.45) is 0 Å². The number of hydrogen-bond acceptors (Lipinski definition) is 3. The second-order valence-electron chi connectivity index (χ2n) is 4.29. The van der Waals surface area contributed by atoms with E-state index in [0.29, 0.717) is 0 Å². The molecular weight excluding hydrogens is 198 g/mol. The van der Waals surface area contributed by atoms with Gasteiger partial charge in [0.2, 0.25) is 0 Å². The third-order valence-corrected chi connectivity index (χ3v) is 3.29. The summed E-state index contributed by atoms with van der Waals surface area (Å²) in [4.78, 5) is 6.48. The maximum atomic E-state index is 6.23. The Morgan fingerprint density at radius 1 is 1.12 bits per heavy atom. The molecule has 1 aliphatic rings. The fraction of sp³-hybridized carbons (Fsp3) is 0.308. The first-order valence-corrected chi connectivity index (χ1v) is 5.73. The van der Waals surface area contributed by atoms with Crippen molar-refractivity contribution in [2.45, 2.75) is 12.8 Å². The molecule has 16 heavy (non-hydrogen) atoms. The molecule has 1 aromatic heterocycles. The smallest absolute Gasteiger partial charge is 0.0632 e. The lowest BCUT2D eigenvalue weighted by Gasteiger charge is -2.20. The molecule has 0 bridgehead atoms. The average Bonchev–Trinajstić information content (AvgIpc) is 2.83. The number of rotatable bonds is 1. The van der Waals surface area contributed by atoms with E-state index in [2.05, 4.69) is 22.0 Å². The summed E-state index contributed by atoms with van der Waals surface area (Å²) in [5.74, 6) is 0. The zero-order chi connectivity index (χ0) is 11.0. The summed E-state index contributed by atoms with van der Waals surface area (Å²) < 4.78 is 0. The first kappa shape index (κ1) is 9.46. The molecule has 1 fully saturated rings. The highest BCUT2D eigenvalue weighted by atomic mass is 15.1. The standard InChI is InChI=1S/C13H15N3/c14-13-11-5-6-15-9-10(11)3-4-12(13)16-7-1-2-8-16/h3-6,9H,1-2,7-8,14H2.